The number of nitrogens with one attached hydrogen (secondary N) is 1. The zero-order valence-corrected chi connectivity index (χ0v) is 26.0. The van der Waals surface area contributed by atoms with Crippen LogP contribution in [0.2, 0.25) is 5.02 Å². The fourth-order valence-electron chi connectivity index (χ4n) is 5.97. The van der Waals surface area contributed by atoms with E-state index < -0.39 is 57.4 Å². The molecular formula is C32H26ClF3N4O6S. The first kappa shape index (κ1) is 32.3. The quantitative estimate of drug-likeness (QED) is 0.203. The highest BCUT2D eigenvalue weighted by Crippen LogP contribution is 2.35. The molecule has 0 saturated carbocycles. The van der Waals surface area contributed by atoms with Crippen molar-refractivity contribution in [2.24, 2.45) is 0 Å². The summed E-state index contributed by atoms with van der Waals surface area (Å²) in [6.45, 7) is 0.143. The van der Waals surface area contributed by atoms with Crippen molar-refractivity contribution in [2.45, 2.75) is 42.4 Å². The fourth-order valence-corrected chi connectivity index (χ4v) is 7.30. The van der Waals surface area contributed by atoms with Crippen LogP contribution in [0.15, 0.2) is 84.0 Å². The van der Waals surface area contributed by atoms with E-state index in [9.17, 15) is 36.0 Å². The molecule has 2 saturated heterocycles. The second-order valence-electron chi connectivity index (χ2n) is 11.2. The number of rotatable bonds is 7. The van der Waals surface area contributed by atoms with Crippen molar-refractivity contribution in [2.75, 3.05) is 13.1 Å². The summed E-state index contributed by atoms with van der Waals surface area (Å²) in [5.74, 6) is -1.26. The molecule has 10 nitrogen and oxygen atoms in total. The molecule has 1 unspecified atom stereocenters. The van der Waals surface area contributed by atoms with Crippen LogP contribution in [-0.4, -0.2) is 66.2 Å². The Labute approximate surface area is 272 Å². The molecule has 1 atom stereocenters. The van der Waals surface area contributed by atoms with Crippen LogP contribution in [0.1, 0.15) is 34.3 Å². The zero-order chi connectivity index (χ0) is 33.5. The summed E-state index contributed by atoms with van der Waals surface area (Å²) < 4.78 is 72.3. The number of pyridine rings is 1. The third kappa shape index (κ3) is 6.60. The molecule has 0 spiro atoms. The van der Waals surface area contributed by atoms with Gasteiger partial charge in [0.1, 0.15) is 16.7 Å². The van der Waals surface area contributed by atoms with Gasteiger partial charge in [0.15, 0.2) is 0 Å². The van der Waals surface area contributed by atoms with Crippen LogP contribution in [0.25, 0.3) is 10.8 Å². The number of piperidine rings is 1. The van der Waals surface area contributed by atoms with E-state index in [1.165, 1.54) is 40.3 Å². The van der Waals surface area contributed by atoms with Gasteiger partial charge in [0, 0.05) is 53.7 Å². The molecule has 2 fully saturated rings. The van der Waals surface area contributed by atoms with Crippen molar-refractivity contribution in [1.82, 2.24) is 20.1 Å². The summed E-state index contributed by atoms with van der Waals surface area (Å²) in [6.07, 6.45) is -1.14. The Morgan fingerprint density at radius 3 is 2.45 bits per heavy atom. The van der Waals surface area contributed by atoms with E-state index in [-0.39, 0.29) is 48.0 Å². The lowest BCUT2D eigenvalue weighted by molar-refractivity contribution is -0.138. The van der Waals surface area contributed by atoms with Crippen LogP contribution in [0.4, 0.5) is 18.0 Å². The second kappa shape index (κ2) is 12.5. The first-order valence-electron chi connectivity index (χ1n) is 14.5. The molecule has 6 rings (SSSR count). The minimum Gasteiger partial charge on any atom is -0.379 e. The van der Waals surface area contributed by atoms with Gasteiger partial charge in [-0.15, -0.1) is 0 Å². The van der Waals surface area contributed by atoms with Crippen molar-refractivity contribution in [1.29, 1.82) is 0 Å². The van der Waals surface area contributed by atoms with E-state index >= 15 is 0 Å². The topological polar surface area (TPSA) is 126 Å². The Hall–Kier alpha value is -4.69. The average Bonchev–Trinajstić information content (AvgIpc) is 3.32. The lowest BCUT2D eigenvalue weighted by atomic mass is 9.97. The number of likely N-dealkylation sites (tertiary alicyclic amines) is 1. The zero-order valence-electron chi connectivity index (χ0n) is 24.4. The Kier molecular flexibility index (Phi) is 8.57. The molecule has 3 heterocycles. The summed E-state index contributed by atoms with van der Waals surface area (Å²) in [6, 6.07) is 13.5. The number of benzene rings is 3. The number of amides is 4. The molecular weight excluding hydrogens is 661 g/mol. The smallest absolute Gasteiger partial charge is 0.379 e. The van der Waals surface area contributed by atoms with Gasteiger partial charge in [0.25, 0.3) is 11.8 Å². The molecule has 0 bridgehead atoms. The number of carbonyl (C=O) groups is 3. The molecule has 47 heavy (non-hydrogen) atoms. The maximum absolute atomic E-state index is 13.6. The Balaban J connectivity index is 1.12. The standard InChI is InChI=1S/C32H26ClF3N4O6S/c33-21-6-9-25(26(17-21)32(34,35)36)30(42)39-14-11-22(12-15-39)40-27(29(41)38-31(40)43)16-19-4-7-23(8-5-19)46-47(44,45)28-3-1-2-20-18-37-13-10-24(20)28/h1-10,13,17-18,22,27H,11-12,14-16H2,(H,38,41,43). The first-order chi connectivity index (χ1) is 22.3. The largest absolute Gasteiger partial charge is 0.417 e. The number of carbonyl (C=O) groups excluding carboxylic acids is 3. The maximum atomic E-state index is 13.6. The van der Waals surface area contributed by atoms with Crippen LogP contribution in [0.5, 0.6) is 5.75 Å². The molecule has 1 N–H and O–H groups in total. The van der Waals surface area contributed by atoms with Gasteiger partial charge in [-0.2, -0.15) is 21.6 Å². The summed E-state index contributed by atoms with van der Waals surface area (Å²) in [5.41, 5.74) is -1.01. The highest BCUT2D eigenvalue weighted by molar-refractivity contribution is 7.87. The summed E-state index contributed by atoms with van der Waals surface area (Å²) in [7, 11) is -4.19. The van der Waals surface area contributed by atoms with Crippen molar-refractivity contribution in [3.05, 3.63) is 101 Å². The van der Waals surface area contributed by atoms with Crippen molar-refractivity contribution < 1.29 is 40.2 Å². The van der Waals surface area contributed by atoms with Crippen LogP contribution >= 0.6 is 11.6 Å². The predicted molar refractivity (Wildman–Crippen MR) is 164 cm³/mol. The van der Waals surface area contributed by atoms with Gasteiger partial charge in [0.2, 0.25) is 0 Å². The minimum atomic E-state index is -4.78. The molecule has 2 aliphatic heterocycles. The van der Waals surface area contributed by atoms with Crippen molar-refractivity contribution >= 4 is 50.3 Å². The monoisotopic (exact) mass is 686 g/mol. The van der Waals surface area contributed by atoms with Crippen LogP contribution in [-0.2, 0) is 27.5 Å². The molecule has 1 aromatic heterocycles. The van der Waals surface area contributed by atoms with E-state index in [2.05, 4.69) is 10.3 Å². The number of halogens is 4. The van der Waals surface area contributed by atoms with E-state index in [4.69, 9.17) is 15.8 Å². The first-order valence-corrected chi connectivity index (χ1v) is 16.3. The number of imide groups is 1. The predicted octanol–water partition coefficient (Wildman–Crippen LogP) is 5.44. The Morgan fingerprint density at radius 2 is 1.74 bits per heavy atom. The van der Waals surface area contributed by atoms with Gasteiger partial charge >= 0.3 is 22.3 Å². The molecule has 0 radical (unpaired) electrons. The maximum Gasteiger partial charge on any atom is 0.417 e. The van der Waals surface area contributed by atoms with Crippen molar-refractivity contribution in [3.8, 4) is 5.75 Å². The SMILES string of the molecule is O=C1NC(=O)N(C2CCN(C(=O)c3ccc(Cl)cc3C(F)(F)F)CC2)C1Cc1ccc(OS(=O)(=O)c2cccc3cnccc23)cc1. The third-order valence-electron chi connectivity index (χ3n) is 8.23. The molecule has 4 amide bonds. The van der Waals surface area contributed by atoms with E-state index in [0.717, 1.165) is 6.07 Å². The summed E-state index contributed by atoms with van der Waals surface area (Å²) in [4.78, 5) is 45.4. The highest BCUT2D eigenvalue weighted by atomic mass is 35.5. The lowest BCUT2D eigenvalue weighted by Crippen LogP contribution is -2.51. The number of nitrogens with zero attached hydrogens (tertiary/aromatic N) is 3. The van der Waals surface area contributed by atoms with E-state index in [1.807, 2.05) is 0 Å². The Morgan fingerprint density at radius 1 is 1.02 bits per heavy atom. The molecule has 3 aromatic carbocycles. The van der Waals surface area contributed by atoms with Crippen LogP contribution < -0.4 is 9.50 Å². The van der Waals surface area contributed by atoms with E-state index in [1.54, 1.807) is 36.5 Å². The van der Waals surface area contributed by atoms with Gasteiger partial charge in [-0.3, -0.25) is 19.9 Å². The number of fused-ring (bicyclic) bond motifs is 1. The molecule has 2 aliphatic rings. The van der Waals surface area contributed by atoms with Gasteiger partial charge in [-0.1, -0.05) is 35.9 Å². The average molecular weight is 687 g/mol. The number of aromatic nitrogens is 1. The molecule has 15 heteroatoms. The summed E-state index contributed by atoms with van der Waals surface area (Å²) >= 11 is 5.75. The normalized spacial score (nSPS) is 17.7. The highest BCUT2D eigenvalue weighted by Gasteiger charge is 2.44. The van der Waals surface area contributed by atoms with Gasteiger partial charge < -0.3 is 14.0 Å². The lowest BCUT2D eigenvalue weighted by Gasteiger charge is -2.38. The van der Waals surface area contributed by atoms with E-state index in [0.29, 0.717) is 22.4 Å². The van der Waals surface area contributed by atoms with Gasteiger partial charge in [0.05, 0.1) is 11.1 Å². The number of urea groups is 1. The van der Waals surface area contributed by atoms with Crippen LogP contribution in [0, 0.1) is 0 Å². The molecule has 4 aromatic rings. The number of hydrogen-bond donors (Lipinski definition) is 1. The number of alkyl halides is 3. The Bertz CT molecular complexity index is 1980. The molecule has 0 aliphatic carbocycles. The van der Waals surface area contributed by atoms with Gasteiger partial charge in [-0.05, 0) is 60.9 Å². The third-order valence-corrected chi connectivity index (χ3v) is 9.78. The minimum absolute atomic E-state index is 0.0139. The van der Waals surface area contributed by atoms with Gasteiger partial charge in [-0.25, -0.2) is 4.79 Å². The molecule has 244 valence electrons. The second-order valence-corrected chi connectivity index (χ2v) is 13.1. The fraction of sp³-hybridized carbons (Fsp3) is 0.250. The van der Waals surface area contributed by atoms with Crippen LogP contribution in [0.3, 0.4) is 0 Å². The van der Waals surface area contributed by atoms with Crippen molar-refractivity contribution in [3.63, 3.8) is 0 Å². The summed E-state index contributed by atoms with van der Waals surface area (Å²) in [5, 5.41) is 3.27. The number of hydrogen-bond acceptors (Lipinski definition) is 7.